The van der Waals surface area contributed by atoms with Crippen molar-refractivity contribution in [3.05, 3.63) is 54.7 Å². The minimum absolute atomic E-state index is 0.0625. The number of methoxy groups -OCH3 is 1. The summed E-state index contributed by atoms with van der Waals surface area (Å²) in [6.07, 6.45) is 9.97. The predicted molar refractivity (Wildman–Crippen MR) is 126 cm³/mol. The van der Waals surface area contributed by atoms with E-state index in [0.717, 1.165) is 31.2 Å². The van der Waals surface area contributed by atoms with Crippen LogP contribution in [-0.4, -0.2) is 54.7 Å². The molecule has 1 aliphatic rings. The Labute approximate surface area is 195 Å². The van der Waals surface area contributed by atoms with Crippen LogP contribution in [-0.2, 0) is 0 Å². The van der Waals surface area contributed by atoms with Gasteiger partial charge in [0.15, 0.2) is 5.82 Å². The summed E-state index contributed by atoms with van der Waals surface area (Å²) in [5.74, 6) is 1.13. The Morgan fingerprint density at radius 1 is 1.06 bits per heavy atom. The molecule has 1 amide bonds. The molecule has 11 nitrogen and oxygen atoms in total. The Morgan fingerprint density at radius 3 is 2.59 bits per heavy atom. The quantitative estimate of drug-likeness (QED) is 0.395. The normalized spacial score (nSPS) is 17.9. The van der Waals surface area contributed by atoms with Crippen LogP contribution in [0.2, 0.25) is 0 Å². The molecule has 4 aromatic heterocycles. The monoisotopic (exact) mass is 459 g/mol. The van der Waals surface area contributed by atoms with Crippen molar-refractivity contribution in [3.8, 4) is 17.1 Å². The molecule has 1 aliphatic carbocycles. The number of amides is 1. The maximum atomic E-state index is 13.3. The van der Waals surface area contributed by atoms with Crippen molar-refractivity contribution in [3.63, 3.8) is 0 Å². The molecule has 4 aromatic rings. The van der Waals surface area contributed by atoms with Crippen molar-refractivity contribution >= 4 is 23.2 Å². The van der Waals surface area contributed by atoms with Gasteiger partial charge in [0.25, 0.3) is 5.91 Å². The zero-order chi connectivity index (χ0) is 23.5. The van der Waals surface area contributed by atoms with Gasteiger partial charge in [-0.2, -0.15) is 5.10 Å². The molecule has 0 atom stereocenters. The number of carbonyl (C=O) groups is 1. The van der Waals surface area contributed by atoms with Gasteiger partial charge in [0.1, 0.15) is 11.8 Å². The highest BCUT2D eigenvalue weighted by molar-refractivity contribution is 6.05. The molecule has 4 N–H and O–H groups in total. The molecule has 0 bridgehead atoms. The van der Waals surface area contributed by atoms with Crippen LogP contribution >= 0.6 is 0 Å². The second-order valence-corrected chi connectivity index (χ2v) is 8.17. The zero-order valence-electron chi connectivity index (χ0n) is 18.7. The van der Waals surface area contributed by atoms with Gasteiger partial charge < -0.3 is 21.1 Å². The molecule has 0 aliphatic heterocycles. The lowest BCUT2D eigenvalue weighted by atomic mass is 9.91. The maximum absolute atomic E-state index is 13.3. The number of ether oxygens (including phenoxy) is 1. The van der Waals surface area contributed by atoms with Crippen LogP contribution in [0.25, 0.3) is 16.8 Å². The molecule has 0 saturated heterocycles. The topological polar surface area (TPSA) is 145 Å². The largest absolute Gasteiger partial charge is 0.481 e. The summed E-state index contributed by atoms with van der Waals surface area (Å²) in [5.41, 5.74) is 8.56. The summed E-state index contributed by atoms with van der Waals surface area (Å²) >= 11 is 0. The van der Waals surface area contributed by atoms with E-state index >= 15 is 0 Å². The van der Waals surface area contributed by atoms with Gasteiger partial charge in [-0.05, 0) is 43.9 Å². The van der Waals surface area contributed by atoms with E-state index < -0.39 is 0 Å². The fraction of sp³-hybridized carbons (Fsp3) is 0.304. The highest BCUT2D eigenvalue weighted by atomic mass is 16.5. The summed E-state index contributed by atoms with van der Waals surface area (Å²) in [4.78, 5) is 30.0. The van der Waals surface area contributed by atoms with Crippen molar-refractivity contribution in [1.82, 2.24) is 34.9 Å². The molecule has 0 radical (unpaired) electrons. The van der Waals surface area contributed by atoms with E-state index in [1.54, 1.807) is 48.4 Å². The second kappa shape index (κ2) is 9.30. The molecule has 4 heterocycles. The number of nitrogen functional groups attached to an aromatic ring is 1. The average molecular weight is 460 g/mol. The van der Waals surface area contributed by atoms with Gasteiger partial charge in [0, 0.05) is 42.3 Å². The van der Waals surface area contributed by atoms with E-state index in [1.807, 2.05) is 6.07 Å². The number of aromatic nitrogens is 6. The fourth-order valence-corrected chi connectivity index (χ4v) is 4.33. The Kier molecular flexibility index (Phi) is 5.90. The number of nitrogens with two attached hydrogens (primary N) is 1. The molecule has 0 spiro atoms. The molecule has 5 rings (SSSR count). The number of rotatable bonds is 6. The lowest BCUT2D eigenvalue weighted by Gasteiger charge is -2.29. The Hall–Kier alpha value is -4.28. The number of hydrogen-bond acceptors (Lipinski definition) is 9. The molecular formula is C23H25N9O2. The third kappa shape index (κ3) is 4.32. The van der Waals surface area contributed by atoms with Crippen molar-refractivity contribution in [1.29, 1.82) is 0 Å². The highest BCUT2D eigenvalue weighted by Gasteiger charge is 2.26. The summed E-state index contributed by atoms with van der Waals surface area (Å²) in [6.45, 7) is 0. The second-order valence-electron chi connectivity index (χ2n) is 8.17. The number of fused-ring (bicyclic) bond motifs is 1. The lowest BCUT2D eigenvalue weighted by Crippen LogP contribution is -2.40. The Morgan fingerprint density at radius 2 is 1.82 bits per heavy atom. The van der Waals surface area contributed by atoms with Gasteiger partial charge >= 0.3 is 0 Å². The molecule has 0 unspecified atom stereocenters. The van der Waals surface area contributed by atoms with Gasteiger partial charge in [-0.1, -0.05) is 0 Å². The van der Waals surface area contributed by atoms with E-state index in [9.17, 15) is 4.79 Å². The molecule has 1 fully saturated rings. The maximum Gasteiger partial charge on any atom is 0.253 e. The number of pyridine rings is 1. The average Bonchev–Trinajstić information content (AvgIpc) is 3.27. The van der Waals surface area contributed by atoms with E-state index in [2.05, 4.69) is 35.7 Å². The number of nitrogens with one attached hydrogen (secondary N) is 2. The first-order valence-electron chi connectivity index (χ1n) is 11.1. The third-order valence-electron chi connectivity index (χ3n) is 6.03. The minimum atomic E-state index is -0.200. The molecule has 1 saturated carbocycles. The minimum Gasteiger partial charge on any atom is -0.481 e. The molecule has 11 heteroatoms. The summed E-state index contributed by atoms with van der Waals surface area (Å²) in [7, 11) is 1.55. The summed E-state index contributed by atoms with van der Waals surface area (Å²) < 4.78 is 6.87. The van der Waals surface area contributed by atoms with Gasteiger partial charge in [-0.3, -0.25) is 4.79 Å². The van der Waals surface area contributed by atoms with E-state index in [0.29, 0.717) is 28.6 Å². The van der Waals surface area contributed by atoms with E-state index in [1.165, 1.54) is 6.33 Å². The van der Waals surface area contributed by atoms with Crippen LogP contribution in [0, 0.1) is 0 Å². The zero-order valence-corrected chi connectivity index (χ0v) is 18.7. The lowest BCUT2D eigenvalue weighted by molar-refractivity contribution is 0.0928. The first-order chi connectivity index (χ1) is 16.6. The van der Waals surface area contributed by atoms with Crippen LogP contribution in [0.5, 0.6) is 5.88 Å². The first kappa shape index (κ1) is 21.6. The van der Waals surface area contributed by atoms with Gasteiger partial charge in [-0.15, -0.1) is 0 Å². The molecule has 34 heavy (non-hydrogen) atoms. The summed E-state index contributed by atoms with van der Waals surface area (Å²) in [6, 6.07) is 7.53. The van der Waals surface area contributed by atoms with Crippen LogP contribution < -0.4 is 21.1 Å². The summed E-state index contributed by atoms with van der Waals surface area (Å²) in [5, 5.41) is 10.9. The third-order valence-corrected chi connectivity index (χ3v) is 6.03. The molecular weight excluding hydrogens is 434 g/mol. The van der Waals surface area contributed by atoms with Crippen molar-refractivity contribution in [2.45, 2.75) is 37.8 Å². The van der Waals surface area contributed by atoms with E-state index in [4.69, 9.17) is 10.5 Å². The highest BCUT2D eigenvalue weighted by Crippen LogP contribution is 2.29. The SMILES string of the molecule is COc1cc(-c2cc(C(=O)N[C@H]3CC[C@H](Nc4ncccn4)CC3)c3c(N)ncnn23)ccn1. The van der Waals surface area contributed by atoms with E-state index in [-0.39, 0.29) is 23.8 Å². The molecule has 174 valence electrons. The smallest absolute Gasteiger partial charge is 0.253 e. The molecule has 0 aromatic carbocycles. The number of hydrogen-bond donors (Lipinski definition) is 3. The predicted octanol–water partition coefficient (Wildman–Crippen LogP) is 2.33. The van der Waals surface area contributed by atoms with Gasteiger partial charge in [0.2, 0.25) is 11.8 Å². The number of nitrogens with zero attached hydrogens (tertiary/aromatic N) is 6. The first-order valence-corrected chi connectivity index (χ1v) is 11.1. The van der Waals surface area contributed by atoms with Gasteiger partial charge in [-0.25, -0.2) is 24.5 Å². The number of anilines is 2. The number of carbonyl (C=O) groups excluding carboxylic acids is 1. The van der Waals surface area contributed by atoms with Crippen LogP contribution in [0.3, 0.4) is 0 Å². The van der Waals surface area contributed by atoms with Crippen molar-refractivity contribution < 1.29 is 9.53 Å². The van der Waals surface area contributed by atoms with Crippen LogP contribution in [0.4, 0.5) is 11.8 Å². The van der Waals surface area contributed by atoms with Crippen molar-refractivity contribution in [2.75, 3.05) is 18.2 Å². The fourth-order valence-electron chi connectivity index (χ4n) is 4.33. The standard InChI is InChI=1S/C23H25N9O2/c1-34-19-11-14(7-10-25-19)18-12-17(20-21(24)28-13-29-32(18)20)22(33)30-15-3-5-16(6-4-15)31-23-26-8-2-9-27-23/h2,7-13,15-16H,3-6H2,1H3,(H,30,33)(H2,24,28,29)(H,26,27,31)/t15-,16-. The Bertz CT molecular complexity index is 1300. The Balaban J connectivity index is 1.34. The van der Waals surface area contributed by atoms with Crippen molar-refractivity contribution in [2.24, 2.45) is 0 Å². The van der Waals surface area contributed by atoms with Crippen LogP contribution in [0.15, 0.2) is 49.2 Å². The van der Waals surface area contributed by atoms with Gasteiger partial charge in [0.05, 0.1) is 18.4 Å². The van der Waals surface area contributed by atoms with Crippen LogP contribution in [0.1, 0.15) is 36.0 Å².